The second kappa shape index (κ2) is 5.24. The molecule has 0 saturated carbocycles. The van der Waals surface area contributed by atoms with Crippen LogP contribution < -0.4 is 5.73 Å². The Balaban J connectivity index is 3.05. The molecule has 0 aliphatic rings. The Bertz CT molecular complexity index is 387. The maximum Gasteiger partial charge on any atom is 0.128 e. The third kappa shape index (κ3) is 2.77. The van der Waals surface area contributed by atoms with Crippen molar-refractivity contribution < 1.29 is 4.39 Å². The van der Waals surface area contributed by atoms with Crippen LogP contribution in [0.1, 0.15) is 24.9 Å². The summed E-state index contributed by atoms with van der Waals surface area (Å²) in [5, 5.41) is 8.85. The summed E-state index contributed by atoms with van der Waals surface area (Å²) in [6, 6.07) is 6.10. The number of nitrogens with two attached hydrogens (primary N) is 1. The van der Waals surface area contributed by atoms with E-state index in [1.54, 1.807) is 12.1 Å². The molecule has 1 rings (SSSR count). The molecule has 0 heterocycles. The minimum Gasteiger partial charge on any atom is -0.323 e. The zero-order valence-electron chi connectivity index (χ0n) is 8.37. The van der Waals surface area contributed by atoms with Crippen molar-refractivity contribution >= 4 is 15.9 Å². The highest BCUT2D eigenvalue weighted by Gasteiger charge is 2.20. The van der Waals surface area contributed by atoms with Crippen molar-refractivity contribution in [2.24, 2.45) is 11.7 Å². The van der Waals surface area contributed by atoms with Crippen molar-refractivity contribution in [1.29, 1.82) is 5.26 Å². The molecule has 80 valence electrons. The number of hydrogen-bond acceptors (Lipinski definition) is 2. The molecule has 0 aromatic heterocycles. The van der Waals surface area contributed by atoms with Gasteiger partial charge in [0.05, 0.1) is 12.0 Å². The summed E-state index contributed by atoms with van der Waals surface area (Å²) in [6.07, 6.45) is 0.615. The fourth-order valence-electron chi connectivity index (χ4n) is 1.41. The van der Waals surface area contributed by atoms with E-state index in [0.717, 1.165) is 4.47 Å². The van der Waals surface area contributed by atoms with Gasteiger partial charge in [-0.05, 0) is 24.6 Å². The summed E-state index contributed by atoms with van der Waals surface area (Å²) in [5.41, 5.74) is 6.23. The molecular weight excluding hydrogens is 259 g/mol. The fourth-order valence-corrected chi connectivity index (χ4v) is 1.79. The Morgan fingerprint density at radius 3 is 2.80 bits per heavy atom. The SMILES string of the molecule is CCC(C#N)C(N)c1cc(Br)ccc1F. The summed E-state index contributed by atoms with van der Waals surface area (Å²) in [7, 11) is 0. The van der Waals surface area contributed by atoms with Crippen LogP contribution in [0.3, 0.4) is 0 Å². The average molecular weight is 271 g/mol. The highest BCUT2D eigenvalue weighted by Crippen LogP contribution is 2.26. The molecule has 0 bridgehead atoms. The van der Waals surface area contributed by atoms with Gasteiger partial charge in [-0.1, -0.05) is 22.9 Å². The molecule has 0 radical (unpaired) electrons. The highest BCUT2D eigenvalue weighted by molar-refractivity contribution is 9.10. The van der Waals surface area contributed by atoms with Gasteiger partial charge < -0.3 is 5.73 Å². The lowest BCUT2D eigenvalue weighted by Gasteiger charge is -2.17. The molecule has 0 fully saturated rings. The predicted molar refractivity (Wildman–Crippen MR) is 60.4 cm³/mol. The van der Waals surface area contributed by atoms with Crippen LogP contribution in [-0.2, 0) is 0 Å². The predicted octanol–water partition coefficient (Wildman–Crippen LogP) is 3.14. The van der Waals surface area contributed by atoms with E-state index >= 15 is 0 Å². The molecule has 1 aromatic rings. The van der Waals surface area contributed by atoms with Crippen LogP contribution in [0.2, 0.25) is 0 Å². The molecule has 2 nitrogen and oxygen atoms in total. The molecule has 2 unspecified atom stereocenters. The number of hydrogen-bond donors (Lipinski definition) is 1. The summed E-state index contributed by atoms with van der Waals surface area (Å²) in [6.45, 7) is 1.86. The Hall–Kier alpha value is -0.920. The first-order chi connectivity index (χ1) is 7.10. The zero-order valence-corrected chi connectivity index (χ0v) is 9.96. The minimum absolute atomic E-state index is 0.353. The lowest BCUT2D eigenvalue weighted by molar-refractivity contribution is 0.489. The zero-order chi connectivity index (χ0) is 11.4. The third-order valence-electron chi connectivity index (χ3n) is 2.36. The molecule has 0 saturated heterocycles. The van der Waals surface area contributed by atoms with Crippen molar-refractivity contribution in [2.45, 2.75) is 19.4 Å². The van der Waals surface area contributed by atoms with Crippen LogP contribution >= 0.6 is 15.9 Å². The molecular formula is C11H12BrFN2. The van der Waals surface area contributed by atoms with Gasteiger partial charge >= 0.3 is 0 Å². The van der Waals surface area contributed by atoms with Crippen LogP contribution in [0, 0.1) is 23.1 Å². The topological polar surface area (TPSA) is 49.8 Å². The molecule has 15 heavy (non-hydrogen) atoms. The normalized spacial score (nSPS) is 14.3. The van der Waals surface area contributed by atoms with E-state index in [-0.39, 0.29) is 11.7 Å². The number of rotatable bonds is 3. The van der Waals surface area contributed by atoms with E-state index in [1.165, 1.54) is 6.07 Å². The van der Waals surface area contributed by atoms with E-state index < -0.39 is 6.04 Å². The Morgan fingerprint density at radius 2 is 2.27 bits per heavy atom. The summed E-state index contributed by atoms with van der Waals surface area (Å²) in [5.74, 6) is -0.715. The van der Waals surface area contributed by atoms with Crippen LogP contribution in [0.4, 0.5) is 4.39 Å². The highest BCUT2D eigenvalue weighted by atomic mass is 79.9. The van der Waals surface area contributed by atoms with Gasteiger partial charge in [0.15, 0.2) is 0 Å². The van der Waals surface area contributed by atoms with Gasteiger partial charge in [0, 0.05) is 16.1 Å². The number of nitriles is 1. The largest absolute Gasteiger partial charge is 0.323 e. The average Bonchev–Trinajstić information content (AvgIpc) is 2.23. The molecule has 1 aromatic carbocycles. The van der Waals surface area contributed by atoms with E-state index in [2.05, 4.69) is 22.0 Å². The Kier molecular flexibility index (Phi) is 4.25. The molecule has 0 aliphatic heterocycles. The smallest absolute Gasteiger partial charge is 0.128 e. The molecule has 2 N–H and O–H groups in total. The van der Waals surface area contributed by atoms with Gasteiger partial charge in [-0.15, -0.1) is 0 Å². The fraction of sp³-hybridized carbons (Fsp3) is 0.364. The summed E-state index contributed by atoms with van der Waals surface area (Å²) in [4.78, 5) is 0. The molecule has 0 spiro atoms. The van der Waals surface area contributed by atoms with Gasteiger partial charge in [-0.25, -0.2) is 4.39 Å². The standard InChI is InChI=1S/C11H12BrFN2/c1-2-7(6-14)11(15)9-5-8(12)3-4-10(9)13/h3-5,7,11H,2,15H2,1H3. The maximum atomic E-state index is 13.4. The molecule has 2 atom stereocenters. The van der Waals surface area contributed by atoms with Gasteiger partial charge in [0.25, 0.3) is 0 Å². The van der Waals surface area contributed by atoms with Crippen LogP contribution in [0.5, 0.6) is 0 Å². The minimum atomic E-state index is -0.572. The summed E-state index contributed by atoms with van der Waals surface area (Å²) < 4.78 is 14.2. The number of benzene rings is 1. The second-order valence-electron chi connectivity index (χ2n) is 3.34. The Morgan fingerprint density at radius 1 is 1.60 bits per heavy atom. The second-order valence-corrected chi connectivity index (χ2v) is 4.25. The van der Waals surface area contributed by atoms with Gasteiger partial charge in [-0.3, -0.25) is 0 Å². The Labute approximate surface area is 97.0 Å². The van der Waals surface area contributed by atoms with Crippen molar-refractivity contribution in [3.8, 4) is 6.07 Å². The van der Waals surface area contributed by atoms with Crippen molar-refractivity contribution in [2.75, 3.05) is 0 Å². The lowest BCUT2D eigenvalue weighted by atomic mass is 9.92. The third-order valence-corrected chi connectivity index (χ3v) is 2.85. The molecule has 4 heteroatoms. The first-order valence-corrected chi connectivity index (χ1v) is 5.49. The van der Waals surface area contributed by atoms with Gasteiger partial charge in [0.2, 0.25) is 0 Å². The first-order valence-electron chi connectivity index (χ1n) is 4.70. The number of nitrogens with zero attached hydrogens (tertiary/aromatic N) is 1. The molecule has 0 amide bonds. The van der Waals surface area contributed by atoms with E-state index in [0.29, 0.717) is 12.0 Å². The number of halogens is 2. The molecule has 0 aliphatic carbocycles. The van der Waals surface area contributed by atoms with Crippen molar-refractivity contribution in [1.82, 2.24) is 0 Å². The van der Waals surface area contributed by atoms with E-state index in [4.69, 9.17) is 11.0 Å². The first kappa shape index (κ1) is 12.2. The van der Waals surface area contributed by atoms with Crippen molar-refractivity contribution in [3.05, 3.63) is 34.1 Å². The lowest BCUT2D eigenvalue weighted by Crippen LogP contribution is -2.21. The van der Waals surface area contributed by atoms with E-state index in [9.17, 15) is 4.39 Å². The van der Waals surface area contributed by atoms with Gasteiger partial charge in [0.1, 0.15) is 5.82 Å². The maximum absolute atomic E-state index is 13.4. The van der Waals surface area contributed by atoms with Crippen LogP contribution in [-0.4, -0.2) is 0 Å². The van der Waals surface area contributed by atoms with Crippen molar-refractivity contribution in [3.63, 3.8) is 0 Å². The quantitative estimate of drug-likeness (QED) is 0.918. The van der Waals surface area contributed by atoms with Gasteiger partial charge in [-0.2, -0.15) is 5.26 Å². The van der Waals surface area contributed by atoms with Crippen LogP contribution in [0.15, 0.2) is 22.7 Å². The van der Waals surface area contributed by atoms with E-state index in [1.807, 2.05) is 6.92 Å². The monoisotopic (exact) mass is 270 g/mol. The van der Waals surface area contributed by atoms with Crippen LogP contribution in [0.25, 0.3) is 0 Å². The summed E-state index contributed by atoms with van der Waals surface area (Å²) >= 11 is 3.25.